The van der Waals surface area contributed by atoms with Gasteiger partial charge in [-0.1, -0.05) is 46.2 Å². The number of rotatable bonds is 36. The van der Waals surface area contributed by atoms with Crippen molar-refractivity contribution in [2.75, 3.05) is 44.9 Å². The highest BCUT2D eigenvalue weighted by molar-refractivity contribution is 7.98. The predicted molar refractivity (Wildman–Crippen MR) is 280 cm³/mol. The molecule has 0 unspecified atom stereocenters. The van der Waals surface area contributed by atoms with E-state index in [1.807, 2.05) is 0 Å². The number of H-pyrrole nitrogens is 1. The molecule has 1 aromatic heterocycles. The second-order valence-electron chi connectivity index (χ2n) is 18.8. The normalized spacial score (nSPS) is 14.7. The molecule has 0 aliphatic carbocycles. The van der Waals surface area contributed by atoms with Crippen LogP contribution in [0, 0.1) is 11.8 Å². The number of carbonyl (C=O) groups is 10. The first kappa shape index (κ1) is 66.2. The number of carboxylic acids is 1. The number of hydrogen-bond donors (Lipinski definition) is 17. The molecule has 9 amide bonds. The third kappa shape index (κ3) is 23.9. The number of amides is 9. The second kappa shape index (κ2) is 34.7. The summed E-state index contributed by atoms with van der Waals surface area (Å²) in [6, 6.07) is -7.20. The molecule has 0 saturated carbocycles. The van der Waals surface area contributed by atoms with E-state index in [9.17, 15) is 73.5 Å². The zero-order valence-electron chi connectivity index (χ0n) is 43.8. The van der Waals surface area contributed by atoms with Crippen LogP contribution < -0.4 is 59.3 Å². The van der Waals surface area contributed by atoms with Crippen molar-refractivity contribution in [3.8, 4) is 5.75 Å². The fraction of sp³-hybridized carbons (Fsp3) is 0.604. The average Bonchev–Trinajstić information content (AvgIpc) is 3.91. The smallest absolute Gasteiger partial charge is 0.326 e. The van der Waals surface area contributed by atoms with E-state index >= 15 is 0 Å². The number of aliphatic hydroxyl groups excluding tert-OH is 3. The van der Waals surface area contributed by atoms with E-state index in [1.54, 1.807) is 20.1 Å². The lowest BCUT2D eigenvalue weighted by atomic mass is 10.0. The number of carboxylic acid groups (broad SMARTS) is 1. The van der Waals surface area contributed by atoms with E-state index in [1.165, 1.54) is 62.4 Å². The van der Waals surface area contributed by atoms with Gasteiger partial charge in [0.25, 0.3) is 0 Å². The monoisotopic (exact) mass is 1110 g/mol. The quantitative estimate of drug-likeness (QED) is 0.0284. The molecule has 28 nitrogen and oxygen atoms in total. The zero-order chi connectivity index (χ0) is 57.8. The first-order valence-electron chi connectivity index (χ1n) is 24.9. The zero-order valence-corrected chi connectivity index (χ0v) is 44.7. The molecule has 0 radical (unpaired) electrons. The summed E-state index contributed by atoms with van der Waals surface area (Å²) in [6.45, 7) is 3.16. The minimum absolute atomic E-state index is 0.0652. The number of nitrogens with zero attached hydrogens (tertiary/aromatic N) is 1. The predicted octanol–water partition coefficient (Wildman–Crippen LogP) is -5.13. The van der Waals surface area contributed by atoms with Crippen molar-refractivity contribution in [2.45, 2.75) is 127 Å². The van der Waals surface area contributed by atoms with Crippen LogP contribution in [0.25, 0.3) is 0 Å². The number of imidazole rings is 1. The van der Waals surface area contributed by atoms with E-state index in [4.69, 9.17) is 11.5 Å². The molecule has 19 N–H and O–H groups in total. The molecule has 0 bridgehead atoms. The van der Waals surface area contributed by atoms with Crippen LogP contribution in [-0.2, 0) is 60.8 Å². The molecule has 77 heavy (non-hydrogen) atoms. The molecule has 0 aliphatic heterocycles. The molecule has 0 fully saturated rings. The molecular formula is C48H77N13O15S. The number of aromatic amines is 1. The van der Waals surface area contributed by atoms with Gasteiger partial charge in [0, 0.05) is 24.7 Å². The third-order valence-electron chi connectivity index (χ3n) is 11.6. The maximum Gasteiger partial charge on any atom is 0.326 e. The minimum Gasteiger partial charge on any atom is -0.508 e. The highest BCUT2D eigenvalue weighted by atomic mass is 32.2. The number of aliphatic hydroxyl groups is 3. The molecular weight excluding hydrogens is 1030 g/mol. The highest BCUT2D eigenvalue weighted by Gasteiger charge is 2.35. The van der Waals surface area contributed by atoms with Gasteiger partial charge in [-0.15, -0.1) is 0 Å². The Balaban J connectivity index is 2.15. The number of phenolic OH excluding ortho intramolecular Hbond substituents is 1. The van der Waals surface area contributed by atoms with Crippen LogP contribution in [0.5, 0.6) is 5.75 Å². The summed E-state index contributed by atoms with van der Waals surface area (Å²) >= 11 is 1.36. The molecule has 29 heteroatoms. The number of nitrogens with one attached hydrogen (secondary N) is 10. The standard InChI is InChI=1S/C48H77N13O15S/c1-25(2)16-32(56-40(67)30(50)8-6-7-14-49)42(69)58-35(21-62)44(71)59-36(22-63)45(72)60-37(23-64)46(73)61-39(26(3)4)47(74)52-20-38(66)54-33(17-27-9-11-29(65)12-10-27)43(70)55-31(13-15-77-5)41(68)57-34(48(75)76)18-28-19-51-24-53-28/h9-12,19,24-26,30-37,39,62-65H,6-8,13-18,20-23,49-50H2,1-5H3,(H,51,53)(H,52,74)(H,54,66)(H,55,70)(H,56,67)(H,57,68)(H,58,69)(H,59,71)(H,60,72)(H,61,73)(H,75,76)/t30-,31-,32-,33-,34-,35-,36-,37-,39-/m0/s1. The number of aromatic hydroxyl groups is 1. The van der Waals surface area contributed by atoms with Gasteiger partial charge in [-0.05, 0) is 73.8 Å². The summed E-state index contributed by atoms with van der Waals surface area (Å²) in [5, 5.41) is 71.3. The van der Waals surface area contributed by atoms with Crippen molar-refractivity contribution in [3.63, 3.8) is 0 Å². The van der Waals surface area contributed by atoms with E-state index in [2.05, 4.69) is 57.8 Å². The SMILES string of the molecule is CSCC[C@H](NC(=O)[C@H](Cc1ccc(O)cc1)NC(=O)CNC(=O)[C@@H](NC(=O)[C@H](CO)NC(=O)[C@H](CO)NC(=O)[C@H](CO)NC(=O)[C@H](CC(C)C)NC(=O)[C@@H](N)CCCCN)C(C)C)C(=O)N[C@@H](Cc1cnc[nH]1)C(=O)O. The number of aliphatic carboxylic acids is 1. The van der Waals surface area contributed by atoms with Crippen LogP contribution in [0.3, 0.4) is 0 Å². The topological polar surface area (TPSA) is 461 Å². The molecule has 430 valence electrons. The summed E-state index contributed by atoms with van der Waals surface area (Å²) in [5.41, 5.74) is 12.4. The largest absolute Gasteiger partial charge is 0.508 e. The first-order valence-corrected chi connectivity index (χ1v) is 26.3. The maximum atomic E-state index is 13.9. The van der Waals surface area contributed by atoms with E-state index in [-0.39, 0.29) is 37.4 Å². The van der Waals surface area contributed by atoms with Crippen molar-refractivity contribution in [3.05, 3.63) is 48.0 Å². The number of carbonyl (C=O) groups excluding carboxylic acids is 9. The number of phenols is 1. The molecule has 0 spiro atoms. The Morgan fingerprint density at radius 3 is 1.62 bits per heavy atom. The Hall–Kier alpha value is -6.92. The van der Waals surface area contributed by atoms with E-state index in [0.717, 1.165) is 0 Å². The molecule has 2 aromatic rings. The Morgan fingerprint density at radius 2 is 1.13 bits per heavy atom. The van der Waals surface area contributed by atoms with Gasteiger partial charge in [0.15, 0.2) is 0 Å². The minimum atomic E-state index is -1.81. The van der Waals surface area contributed by atoms with Gasteiger partial charge in [0.05, 0.1) is 38.7 Å². The van der Waals surface area contributed by atoms with Crippen LogP contribution in [0.15, 0.2) is 36.8 Å². The van der Waals surface area contributed by atoms with Gasteiger partial charge in [0.2, 0.25) is 53.2 Å². The van der Waals surface area contributed by atoms with Crippen LogP contribution >= 0.6 is 11.8 Å². The van der Waals surface area contributed by atoms with Gasteiger partial charge in [-0.25, -0.2) is 9.78 Å². The molecule has 9 atom stereocenters. The maximum absolute atomic E-state index is 13.9. The summed E-state index contributed by atoms with van der Waals surface area (Å²) in [4.78, 5) is 139. The van der Waals surface area contributed by atoms with Crippen LogP contribution in [-0.4, -0.2) is 194 Å². The number of aromatic nitrogens is 2. The van der Waals surface area contributed by atoms with Crippen LogP contribution in [0.1, 0.15) is 71.1 Å². The number of unbranched alkanes of at least 4 members (excludes halogenated alkanes) is 1. The lowest BCUT2D eigenvalue weighted by Gasteiger charge is -2.27. The van der Waals surface area contributed by atoms with E-state index < -0.39 is 146 Å². The van der Waals surface area contributed by atoms with Crippen molar-refractivity contribution in [1.82, 2.24) is 57.8 Å². The Morgan fingerprint density at radius 1 is 0.623 bits per heavy atom. The number of hydrogen-bond acceptors (Lipinski definition) is 18. The Labute approximate surface area is 449 Å². The molecule has 1 aromatic carbocycles. The van der Waals surface area contributed by atoms with Crippen molar-refractivity contribution in [1.29, 1.82) is 0 Å². The van der Waals surface area contributed by atoms with Crippen LogP contribution in [0.4, 0.5) is 0 Å². The van der Waals surface area contributed by atoms with Gasteiger partial charge >= 0.3 is 5.97 Å². The number of thioether (sulfide) groups is 1. The van der Waals surface area contributed by atoms with Gasteiger partial charge in [-0.2, -0.15) is 11.8 Å². The fourth-order valence-electron chi connectivity index (χ4n) is 7.27. The molecule has 0 saturated heterocycles. The van der Waals surface area contributed by atoms with Gasteiger partial charge in [0.1, 0.15) is 54.1 Å². The lowest BCUT2D eigenvalue weighted by molar-refractivity contribution is -0.142. The Kier molecular flexibility index (Phi) is 29.8. The summed E-state index contributed by atoms with van der Waals surface area (Å²) in [6.07, 6.45) is 5.88. The lowest BCUT2D eigenvalue weighted by Crippen LogP contribution is -2.61. The van der Waals surface area contributed by atoms with Crippen molar-refractivity contribution < 1.29 is 73.5 Å². The number of nitrogens with two attached hydrogens (primary N) is 2. The second-order valence-corrected chi connectivity index (χ2v) is 19.8. The summed E-state index contributed by atoms with van der Waals surface area (Å²) in [5.74, 6) is -10.3. The van der Waals surface area contributed by atoms with E-state index in [0.29, 0.717) is 42.8 Å². The molecule has 0 aliphatic rings. The first-order chi connectivity index (χ1) is 36.5. The molecule has 1 heterocycles. The van der Waals surface area contributed by atoms with Gasteiger partial charge in [-0.3, -0.25) is 43.2 Å². The number of benzene rings is 1. The average molecular weight is 1110 g/mol. The summed E-state index contributed by atoms with van der Waals surface area (Å²) < 4.78 is 0. The van der Waals surface area contributed by atoms with Crippen LogP contribution in [0.2, 0.25) is 0 Å². The van der Waals surface area contributed by atoms with Crippen molar-refractivity contribution in [2.24, 2.45) is 23.3 Å². The molecule has 2 rings (SSSR count). The third-order valence-corrected chi connectivity index (χ3v) is 12.3. The fourth-order valence-corrected chi connectivity index (χ4v) is 7.75. The van der Waals surface area contributed by atoms with Crippen molar-refractivity contribution >= 4 is 70.9 Å². The summed E-state index contributed by atoms with van der Waals surface area (Å²) in [7, 11) is 0. The van der Waals surface area contributed by atoms with Gasteiger partial charge < -0.3 is 89.8 Å². The highest BCUT2D eigenvalue weighted by Crippen LogP contribution is 2.13. The Bertz CT molecular complexity index is 2240.